The molecule has 1 amide bonds. The predicted molar refractivity (Wildman–Crippen MR) is 105 cm³/mol. The standard InChI is InChI=1S/C19H24N8O4/c1-19(2,3)31-18(28)27-8-5-13(6-9-27)30-15(17-21-11-29-24-17)12-4-7-20-14(10-12)16-22-25-26-23-16/h4,7,10-11,13,15H,5-6,8-9H2,1-3H3,(H,22,23,25,26). The first-order valence-corrected chi connectivity index (χ1v) is 9.98. The molecule has 0 spiro atoms. The fourth-order valence-electron chi connectivity index (χ4n) is 3.28. The van der Waals surface area contributed by atoms with Gasteiger partial charge in [-0.25, -0.2) is 4.79 Å². The minimum Gasteiger partial charge on any atom is -0.444 e. The molecule has 164 valence electrons. The van der Waals surface area contributed by atoms with Crippen LogP contribution in [-0.4, -0.2) is 71.5 Å². The van der Waals surface area contributed by atoms with Gasteiger partial charge in [-0.3, -0.25) is 4.98 Å². The van der Waals surface area contributed by atoms with Gasteiger partial charge in [0.2, 0.25) is 18.0 Å². The normalized spacial score (nSPS) is 16.3. The smallest absolute Gasteiger partial charge is 0.410 e. The van der Waals surface area contributed by atoms with Crippen LogP contribution in [0.1, 0.15) is 51.1 Å². The molecule has 1 fully saturated rings. The summed E-state index contributed by atoms with van der Waals surface area (Å²) in [5, 5.41) is 17.9. The minimum absolute atomic E-state index is 0.0935. The number of hydrogen-bond donors (Lipinski definition) is 1. The maximum absolute atomic E-state index is 12.3. The highest BCUT2D eigenvalue weighted by atomic mass is 16.6. The van der Waals surface area contributed by atoms with Crippen LogP contribution in [0.2, 0.25) is 0 Å². The maximum atomic E-state index is 12.3. The van der Waals surface area contributed by atoms with E-state index in [1.54, 1.807) is 11.1 Å². The van der Waals surface area contributed by atoms with Gasteiger partial charge in [0.05, 0.1) is 6.10 Å². The van der Waals surface area contributed by atoms with Gasteiger partial charge in [-0.1, -0.05) is 5.16 Å². The number of aromatic amines is 1. The highest BCUT2D eigenvalue weighted by Crippen LogP contribution is 2.29. The van der Waals surface area contributed by atoms with Crippen LogP contribution in [0.3, 0.4) is 0 Å². The van der Waals surface area contributed by atoms with Crippen molar-refractivity contribution in [3.63, 3.8) is 0 Å². The number of piperidine rings is 1. The number of rotatable bonds is 5. The number of nitrogens with zero attached hydrogens (tertiary/aromatic N) is 7. The van der Waals surface area contributed by atoms with E-state index in [4.69, 9.17) is 14.0 Å². The van der Waals surface area contributed by atoms with Crippen LogP contribution in [0, 0.1) is 0 Å². The first-order chi connectivity index (χ1) is 14.9. The molecule has 4 rings (SSSR count). The molecule has 31 heavy (non-hydrogen) atoms. The average Bonchev–Trinajstić information content (AvgIpc) is 3.45. The molecule has 1 aliphatic heterocycles. The lowest BCUT2D eigenvalue weighted by atomic mass is 10.1. The summed E-state index contributed by atoms with van der Waals surface area (Å²) in [7, 11) is 0. The first-order valence-electron chi connectivity index (χ1n) is 9.98. The van der Waals surface area contributed by atoms with Gasteiger partial charge in [0.15, 0.2) is 0 Å². The molecule has 1 N–H and O–H groups in total. The predicted octanol–water partition coefficient (Wildman–Crippen LogP) is 2.15. The molecular weight excluding hydrogens is 404 g/mol. The van der Waals surface area contributed by atoms with Crippen molar-refractivity contribution in [2.75, 3.05) is 13.1 Å². The zero-order valence-corrected chi connectivity index (χ0v) is 17.6. The van der Waals surface area contributed by atoms with Gasteiger partial charge >= 0.3 is 6.09 Å². The number of H-pyrrole nitrogens is 1. The topological polar surface area (TPSA) is 145 Å². The number of ether oxygens (including phenoxy) is 2. The number of hydrogen-bond acceptors (Lipinski definition) is 10. The van der Waals surface area contributed by atoms with E-state index in [1.807, 2.05) is 32.9 Å². The lowest BCUT2D eigenvalue weighted by Crippen LogP contribution is -2.43. The molecule has 4 heterocycles. The van der Waals surface area contributed by atoms with Crippen molar-refractivity contribution in [1.82, 2.24) is 40.6 Å². The number of amides is 1. The van der Waals surface area contributed by atoms with Crippen molar-refractivity contribution >= 4 is 6.09 Å². The van der Waals surface area contributed by atoms with E-state index in [9.17, 15) is 4.79 Å². The fourth-order valence-corrected chi connectivity index (χ4v) is 3.28. The average molecular weight is 428 g/mol. The van der Waals surface area contributed by atoms with Crippen molar-refractivity contribution in [1.29, 1.82) is 0 Å². The van der Waals surface area contributed by atoms with E-state index < -0.39 is 11.7 Å². The quantitative estimate of drug-likeness (QED) is 0.641. The summed E-state index contributed by atoms with van der Waals surface area (Å²) in [4.78, 5) is 22.5. The van der Waals surface area contributed by atoms with Crippen LogP contribution in [-0.2, 0) is 9.47 Å². The molecule has 0 saturated carbocycles. The molecule has 1 unspecified atom stereocenters. The molecule has 3 aromatic rings. The summed E-state index contributed by atoms with van der Waals surface area (Å²) in [6, 6.07) is 3.63. The number of carbonyl (C=O) groups is 1. The largest absolute Gasteiger partial charge is 0.444 e. The SMILES string of the molecule is CC(C)(C)OC(=O)N1CCC(OC(c2ccnc(-c3nn[nH]n3)c2)c2ncon2)CC1. The molecule has 12 heteroatoms. The van der Waals surface area contributed by atoms with Gasteiger partial charge < -0.3 is 18.9 Å². The van der Waals surface area contributed by atoms with Gasteiger partial charge in [0.25, 0.3) is 0 Å². The number of likely N-dealkylation sites (tertiary alicyclic amines) is 1. The van der Waals surface area contributed by atoms with Gasteiger partial charge in [-0.2, -0.15) is 10.2 Å². The number of aromatic nitrogens is 7. The molecule has 1 atom stereocenters. The lowest BCUT2D eigenvalue weighted by molar-refractivity contribution is -0.0368. The van der Waals surface area contributed by atoms with Crippen molar-refractivity contribution < 1.29 is 18.8 Å². The van der Waals surface area contributed by atoms with E-state index in [1.165, 1.54) is 6.39 Å². The van der Waals surface area contributed by atoms with E-state index in [-0.39, 0.29) is 12.2 Å². The Labute approximate surface area is 178 Å². The third-order valence-corrected chi connectivity index (χ3v) is 4.70. The third kappa shape index (κ3) is 5.20. The molecule has 1 saturated heterocycles. The molecule has 12 nitrogen and oxygen atoms in total. The van der Waals surface area contributed by atoms with Crippen molar-refractivity contribution in [2.45, 2.75) is 51.4 Å². The van der Waals surface area contributed by atoms with Gasteiger partial charge in [-0.15, -0.1) is 10.2 Å². The van der Waals surface area contributed by atoms with Crippen molar-refractivity contribution in [3.8, 4) is 11.5 Å². The first kappa shape index (κ1) is 20.8. The maximum Gasteiger partial charge on any atom is 0.410 e. The fraction of sp³-hybridized carbons (Fsp3) is 0.526. The Morgan fingerprint density at radius 1 is 1.29 bits per heavy atom. The molecule has 1 aliphatic rings. The van der Waals surface area contributed by atoms with Gasteiger partial charge in [-0.05, 0) is 56.5 Å². The van der Waals surface area contributed by atoms with Crippen LogP contribution >= 0.6 is 0 Å². The second-order valence-corrected chi connectivity index (χ2v) is 8.18. The van der Waals surface area contributed by atoms with E-state index in [2.05, 4.69) is 35.7 Å². The zero-order valence-electron chi connectivity index (χ0n) is 17.6. The summed E-state index contributed by atoms with van der Waals surface area (Å²) < 4.78 is 16.8. The van der Waals surface area contributed by atoms with Gasteiger partial charge in [0.1, 0.15) is 17.4 Å². The second kappa shape index (κ2) is 8.76. The Balaban J connectivity index is 1.46. The monoisotopic (exact) mass is 428 g/mol. The second-order valence-electron chi connectivity index (χ2n) is 8.18. The Bertz CT molecular complexity index is 979. The summed E-state index contributed by atoms with van der Waals surface area (Å²) in [6.45, 7) is 6.65. The van der Waals surface area contributed by atoms with Crippen molar-refractivity contribution in [2.24, 2.45) is 0 Å². The Morgan fingerprint density at radius 2 is 2.10 bits per heavy atom. The third-order valence-electron chi connectivity index (χ3n) is 4.70. The summed E-state index contributed by atoms with van der Waals surface area (Å²) >= 11 is 0. The van der Waals surface area contributed by atoms with Crippen LogP contribution in [0.25, 0.3) is 11.5 Å². The van der Waals surface area contributed by atoms with E-state index in [0.29, 0.717) is 43.3 Å². The highest BCUT2D eigenvalue weighted by molar-refractivity contribution is 5.68. The zero-order chi connectivity index (χ0) is 21.8. The van der Waals surface area contributed by atoms with Crippen LogP contribution in [0.15, 0.2) is 29.2 Å². The van der Waals surface area contributed by atoms with Crippen LogP contribution in [0.4, 0.5) is 4.79 Å². The molecule has 0 radical (unpaired) electrons. The number of pyridine rings is 1. The summed E-state index contributed by atoms with van der Waals surface area (Å²) in [5.41, 5.74) is 0.806. The Morgan fingerprint density at radius 3 is 2.74 bits per heavy atom. The molecule has 0 aromatic carbocycles. The molecular formula is C19H24N8O4. The minimum atomic E-state index is -0.564. The highest BCUT2D eigenvalue weighted by Gasteiger charge is 2.30. The van der Waals surface area contributed by atoms with E-state index >= 15 is 0 Å². The summed E-state index contributed by atoms with van der Waals surface area (Å²) in [5.74, 6) is 0.777. The number of carbonyl (C=O) groups excluding carboxylic acids is 1. The lowest BCUT2D eigenvalue weighted by Gasteiger charge is -2.34. The van der Waals surface area contributed by atoms with Crippen molar-refractivity contribution in [3.05, 3.63) is 36.1 Å². The number of tetrazole rings is 1. The molecule has 3 aromatic heterocycles. The van der Waals surface area contributed by atoms with Crippen LogP contribution in [0.5, 0.6) is 0 Å². The number of nitrogens with one attached hydrogen (secondary N) is 1. The summed E-state index contributed by atoms with van der Waals surface area (Å²) in [6.07, 6.45) is 3.27. The Hall–Kier alpha value is -3.41. The molecule has 0 bridgehead atoms. The molecule has 0 aliphatic carbocycles. The van der Waals surface area contributed by atoms with E-state index in [0.717, 1.165) is 5.56 Å². The Kier molecular flexibility index (Phi) is 5.89. The van der Waals surface area contributed by atoms with Gasteiger partial charge in [0, 0.05) is 19.3 Å². The van der Waals surface area contributed by atoms with Crippen LogP contribution < -0.4 is 0 Å².